The van der Waals surface area contributed by atoms with Crippen molar-refractivity contribution in [1.82, 2.24) is 5.32 Å². The van der Waals surface area contributed by atoms with Gasteiger partial charge in [-0.15, -0.1) is 0 Å². The fourth-order valence-electron chi connectivity index (χ4n) is 1.21. The number of nitrogens with one attached hydrogen (secondary N) is 1. The lowest BCUT2D eigenvalue weighted by atomic mass is 10.3. The minimum atomic E-state index is -1.11. The molecule has 6 nitrogen and oxygen atoms in total. The summed E-state index contributed by atoms with van der Waals surface area (Å²) in [5, 5.41) is 10.7. The first-order chi connectivity index (χ1) is 9.49. The van der Waals surface area contributed by atoms with E-state index in [0.29, 0.717) is 6.07 Å². The summed E-state index contributed by atoms with van der Waals surface area (Å²) in [5.41, 5.74) is 0. The van der Waals surface area contributed by atoms with Gasteiger partial charge in [0, 0.05) is 12.6 Å². The first-order valence-electron chi connectivity index (χ1n) is 5.63. The van der Waals surface area contributed by atoms with Crippen LogP contribution in [0.15, 0.2) is 18.2 Å². The van der Waals surface area contributed by atoms with Crippen molar-refractivity contribution in [3.05, 3.63) is 29.8 Å². The highest BCUT2D eigenvalue weighted by atomic mass is 19.1. The molecule has 1 aromatic rings. The van der Waals surface area contributed by atoms with Crippen LogP contribution in [0.2, 0.25) is 0 Å². The number of carbonyl (C=O) groups is 2. The molecule has 0 heterocycles. The van der Waals surface area contributed by atoms with Gasteiger partial charge in [0.15, 0.2) is 18.2 Å². The van der Waals surface area contributed by atoms with Crippen molar-refractivity contribution in [3.63, 3.8) is 0 Å². The van der Waals surface area contributed by atoms with Gasteiger partial charge in [-0.1, -0.05) is 0 Å². The van der Waals surface area contributed by atoms with Crippen LogP contribution in [0.5, 0.6) is 5.75 Å². The number of carboxylic acid groups (broad SMARTS) is 1. The number of aliphatic carboxylic acids is 1. The molecule has 1 rings (SSSR count). The van der Waals surface area contributed by atoms with Gasteiger partial charge < -0.3 is 19.9 Å². The van der Waals surface area contributed by atoms with E-state index in [4.69, 9.17) is 9.84 Å². The van der Waals surface area contributed by atoms with Crippen molar-refractivity contribution in [1.29, 1.82) is 0 Å². The monoisotopic (exact) mass is 289 g/mol. The molecule has 110 valence electrons. The third-order valence-corrected chi connectivity index (χ3v) is 2.05. The van der Waals surface area contributed by atoms with Gasteiger partial charge in [-0.3, -0.25) is 4.79 Å². The summed E-state index contributed by atoms with van der Waals surface area (Å²) in [6, 6.07) is 2.73. The van der Waals surface area contributed by atoms with E-state index in [1.54, 1.807) is 0 Å². The largest absolute Gasteiger partial charge is 0.481 e. The molecular formula is C12H13F2NO5. The number of hydrogen-bond donors (Lipinski definition) is 2. The van der Waals surface area contributed by atoms with Gasteiger partial charge in [0.1, 0.15) is 12.4 Å². The van der Waals surface area contributed by atoms with E-state index in [1.165, 1.54) is 0 Å². The second kappa shape index (κ2) is 8.05. The third-order valence-electron chi connectivity index (χ3n) is 2.05. The Balaban J connectivity index is 2.21. The molecule has 0 aliphatic heterocycles. The van der Waals surface area contributed by atoms with Crippen LogP contribution in [-0.2, 0) is 14.3 Å². The average Bonchev–Trinajstić information content (AvgIpc) is 2.37. The smallest absolute Gasteiger partial charge is 0.329 e. The van der Waals surface area contributed by atoms with Gasteiger partial charge in [-0.25, -0.2) is 13.6 Å². The van der Waals surface area contributed by atoms with E-state index in [9.17, 15) is 18.4 Å². The molecule has 8 heteroatoms. The summed E-state index contributed by atoms with van der Waals surface area (Å²) in [4.78, 5) is 21.4. The van der Waals surface area contributed by atoms with Crippen molar-refractivity contribution < 1.29 is 33.0 Å². The molecule has 0 bridgehead atoms. The predicted octanol–water partition coefficient (Wildman–Crippen LogP) is 0.561. The van der Waals surface area contributed by atoms with E-state index < -0.39 is 36.7 Å². The van der Waals surface area contributed by atoms with Crippen LogP contribution in [0.1, 0.15) is 0 Å². The van der Waals surface area contributed by atoms with Crippen molar-refractivity contribution >= 4 is 11.9 Å². The molecule has 0 saturated heterocycles. The lowest BCUT2D eigenvalue weighted by Gasteiger charge is -2.08. The van der Waals surface area contributed by atoms with Crippen molar-refractivity contribution in [3.8, 4) is 5.75 Å². The van der Waals surface area contributed by atoms with E-state index >= 15 is 0 Å². The van der Waals surface area contributed by atoms with Gasteiger partial charge in [0.05, 0.1) is 6.61 Å². The minimum Gasteiger partial charge on any atom is -0.481 e. The summed E-state index contributed by atoms with van der Waals surface area (Å²) < 4.78 is 35.3. The molecule has 0 unspecified atom stereocenters. The number of rotatable bonds is 8. The van der Waals surface area contributed by atoms with Crippen molar-refractivity contribution in [2.45, 2.75) is 0 Å². The number of benzene rings is 1. The SMILES string of the molecule is O=C(O)COCCNC(=O)COc1ccc(F)cc1F. The van der Waals surface area contributed by atoms with Crippen LogP contribution in [0.3, 0.4) is 0 Å². The number of carbonyl (C=O) groups excluding carboxylic acids is 1. The molecule has 20 heavy (non-hydrogen) atoms. The maximum absolute atomic E-state index is 13.2. The molecule has 0 aliphatic carbocycles. The zero-order valence-electron chi connectivity index (χ0n) is 10.4. The second-order valence-corrected chi connectivity index (χ2v) is 3.66. The molecule has 0 saturated carbocycles. The summed E-state index contributed by atoms with van der Waals surface area (Å²) in [6.07, 6.45) is 0. The number of hydrogen-bond acceptors (Lipinski definition) is 4. The Labute approximate surface area is 113 Å². The van der Waals surface area contributed by atoms with Gasteiger partial charge in [-0.2, -0.15) is 0 Å². The van der Waals surface area contributed by atoms with Crippen LogP contribution >= 0.6 is 0 Å². The fourth-order valence-corrected chi connectivity index (χ4v) is 1.21. The molecule has 0 spiro atoms. The van der Waals surface area contributed by atoms with E-state index in [1.807, 2.05) is 0 Å². The van der Waals surface area contributed by atoms with Gasteiger partial charge in [0.2, 0.25) is 0 Å². The molecule has 0 fully saturated rings. The Hall–Kier alpha value is -2.22. The van der Waals surface area contributed by atoms with Crippen LogP contribution in [0.4, 0.5) is 8.78 Å². The number of ether oxygens (including phenoxy) is 2. The molecular weight excluding hydrogens is 276 g/mol. The van der Waals surface area contributed by atoms with Crippen molar-refractivity contribution in [2.24, 2.45) is 0 Å². The van der Waals surface area contributed by atoms with Crippen LogP contribution in [0, 0.1) is 11.6 Å². The van der Waals surface area contributed by atoms with Gasteiger partial charge >= 0.3 is 5.97 Å². The van der Waals surface area contributed by atoms with Crippen LogP contribution < -0.4 is 10.1 Å². The quantitative estimate of drug-likeness (QED) is 0.683. The fraction of sp³-hybridized carbons (Fsp3) is 0.333. The molecule has 0 aliphatic rings. The maximum Gasteiger partial charge on any atom is 0.329 e. The Kier molecular flexibility index (Phi) is 6.38. The number of carboxylic acids is 1. The zero-order valence-corrected chi connectivity index (χ0v) is 10.4. The summed E-state index contributed by atoms with van der Waals surface area (Å²) in [6.45, 7) is -0.765. The molecule has 0 atom stereocenters. The predicted molar refractivity (Wildman–Crippen MR) is 63.3 cm³/mol. The molecule has 2 N–H and O–H groups in total. The Morgan fingerprint density at radius 2 is 2.00 bits per heavy atom. The highest BCUT2D eigenvalue weighted by Gasteiger charge is 2.07. The molecule has 0 radical (unpaired) electrons. The number of amides is 1. The third kappa shape index (κ3) is 6.10. The Morgan fingerprint density at radius 3 is 2.65 bits per heavy atom. The lowest BCUT2D eigenvalue weighted by Crippen LogP contribution is -2.32. The second-order valence-electron chi connectivity index (χ2n) is 3.66. The summed E-state index contributed by atoms with van der Waals surface area (Å²) in [7, 11) is 0. The molecule has 1 amide bonds. The Morgan fingerprint density at radius 1 is 1.25 bits per heavy atom. The van der Waals surface area contributed by atoms with E-state index in [-0.39, 0.29) is 18.9 Å². The van der Waals surface area contributed by atoms with Crippen molar-refractivity contribution in [2.75, 3.05) is 26.4 Å². The first-order valence-corrected chi connectivity index (χ1v) is 5.63. The number of halogens is 2. The van der Waals surface area contributed by atoms with Crippen LogP contribution in [-0.4, -0.2) is 43.3 Å². The minimum absolute atomic E-state index is 0.0307. The summed E-state index contributed by atoms with van der Waals surface area (Å²) >= 11 is 0. The van der Waals surface area contributed by atoms with Crippen LogP contribution in [0.25, 0.3) is 0 Å². The first kappa shape index (κ1) is 15.8. The summed E-state index contributed by atoms with van der Waals surface area (Å²) in [5.74, 6) is -3.51. The molecule has 0 aromatic heterocycles. The zero-order chi connectivity index (χ0) is 15.0. The maximum atomic E-state index is 13.2. The van der Waals surface area contributed by atoms with Gasteiger partial charge in [-0.05, 0) is 12.1 Å². The van der Waals surface area contributed by atoms with E-state index in [2.05, 4.69) is 10.1 Å². The topological polar surface area (TPSA) is 84.9 Å². The highest BCUT2D eigenvalue weighted by molar-refractivity contribution is 5.77. The Bertz CT molecular complexity index is 481. The van der Waals surface area contributed by atoms with E-state index in [0.717, 1.165) is 12.1 Å². The van der Waals surface area contributed by atoms with Gasteiger partial charge in [0.25, 0.3) is 5.91 Å². The highest BCUT2D eigenvalue weighted by Crippen LogP contribution is 2.17. The normalized spacial score (nSPS) is 10.1. The lowest BCUT2D eigenvalue weighted by molar-refractivity contribution is -0.142. The standard InChI is InChI=1S/C12H13F2NO5/c13-8-1-2-10(9(14)5-8)20-6-11(16)15-3-4-19-7-12(17)18/h1-2,5H,3-4,6-7H2,(H,15,16)(H,17,18). The average molecular weight is 289 g/mol. The molecule has 1 aromatic carbocycles.